The van der Waals surface area contributed by atoms with E-state index in [1.807, 2.05) is 18.2 Å². The molecule has 0 saturated heterocycles. The molecule has 0 spiro atoms. The maximum atomic E-state index is 6.54. The van der Waals surface area contributed by atoms with Gasteiger partial charge in [0.25, 0.3) is 0 Å². The molecule has 4 rings (SSSR count). The van der Waals surface area contributed by atoms with E-state index in [1.165, 1.54) is 23.3 Å². The van der Waals surface area contributed by atoms with Crippen molar-refractivity contribution in [2.24, 2.45) is 5.92 Å². The molecule has 2 atom stereocenters. The normalized spacial score (nSPS) is 22.8. The van der Waals surface area contributed by atoms with Gasteiger partial charge < -0.3 is 10.5 Å². The number of benzene rings is 1. The number of rotatable bonds is 3. The molecule has 1 aromatic carbocycles. The second-order valence-corrected chi connectivity index (χ2v) is 7.15. The molecule has 23 heavy (non-hydrogen) atoms. The van der Waals surface area contributed by atoms with Gasteiger partial charge in [-0.15, -0.1) is 0 Å². The van der Waals surface area contributed by atoms with Gasteiger partial charge in [0, 0.05) is 41.1 Å². The average molecular weight is 329 g/mol. The number of halogens is 1. The summed E-state index contributed by atoms with van der Waals surface area (Å²) in [5.74, 6) is 1.07. The van der Waals surface area contributed by atoms with Gasteiger partial charge in [-0.2, -0.15) is 0 Å². The summed E-state index contributed by atoms with van der Waals surface area (Å²) in [5, 5.41) is 1.74. The second-order valence-electron chi connectivity index (χ2n) is 6.72. The fraction of sp³-hybridized carbons (Fsp3) is 0.421. The van der Waals surface area contributed by atoms with Crippen LogP contribution < -0.4 is 5.73 Å². The molecule has 4 heteroatoms. The van der Waals surface area contributed by atoms with Crippen LogP contribution in [0.3, 0.4) is 0 Å². The monoisotopic (exact) mass is 328 g/mol. The number of ether oxygens (including phenoxy) is 1. The molecule has 1 heterocycles. The maximum absolute atomic E-state index is 6.54. The van der Waals surface area contributed by atoms with Crippen molar-refractivity contribution in [1.29, 1.82) is 0 Å². The van der Waals surface area contributed by atoms with Crippen LogP contribution in [0.15, 0.2) is 29.8 Å². The van der Waals surface area contributed by atoms with E-state index in [0.717, 1.165) is 42.5 Å². The van der Waals surface area contributed by atoms with Crippen LogP contribution in [-0.4, -0.2) is 18.7 Å². The minimum absolute atomic E-state index is 0.494. The lowest BCUT2D eigenvalue weighted by atomic mass is 9.70. The van der Waals surface area contributed by atoms with Gasteiger partial charge in [0.2, 0.25) is 0 Å². The van der Waals surface area contributed by atoms with Gasteiger partial charge in [0.15, 0.2) is 0 Å². The van der Waals surface area contributed by atoms with E-state index < -0.39 is 0 Å². The van der Waals surface area contributed by atoms with E-state index in [0.29, 0.717) is 16.9 Å². The van der Waals surface area contributed by atoms with Gasteiger partial charge in [-0.25, -0.2) is 0 Å². The number of anilines is 1. The van der Waals surface area contributed by atoms with E-state index in [4.69, 9.17) is 27.1 Å². The molecule has 0 radical (unpaired) electrons. The number of hydrogen-bond donors (Lipinski definition) is 1. The highest BCUT2D eigenvalue weighted by Crippen LogP contribution is 2.47. The van der Waals surface area contributed by atoms with Crippen LogP contribution in [-0.2, 0) is 11.2 Å². The molecule has 1 unspecified atom stereocenters. The first kappa shape index (κ1) is 15.0. The summed E-state index contributed by atoms with van der Waals surface area (Å²) in [5.41, 5.74) is 12.3. The Morgan fingerprint density at radius 2 is 2.22 bits per heavy atom. The predicted molar refractivity (Wildman–Crippen MR) is 94.9 cm³/mol. The summed E-state index contributed by atoms with van der Waals surface area (Å²) in [6, 6.07) is 5.80. The number of aromatic nitrogens is 1. The minimum Gasteiger partial charge on any atom is -0.398 e. The Morgan fingerprint density at radius 1 is 1.35 bits per heavy atom. The van der Waals surface area contributed by atoms with Crippen LogP contribution in [0.2, 0.25) is 5.02 Å². The molecule has 2 N–H and O–H groups in total. The first-order valence-electron chi connectivity index (χ1n) is 8.21. The van der Waals surface area contributed by atoms with E-state index in [1.54, 1.807) is 7.11 Å². The van der Waals surface area contributed by atoms with Crippen LogP contribution in [0.4, 0.5) is 5.69 Å². The molecular formula is C19H21ClN2O. The Morgan fingerprint density at radius 3 is 3.04 bits per heavy atom. The van der Waals surface area contributed by atoms with Gasteiger partial charge in [0.05, 0.1) is 5.52 Å². The lowest BCUT2D eigenvalue weighted by Gasteiger charge is -2.36. The van der Waals surface area contributed by atoms with E-state index in [2.05, 4.69) is 6.08 Å². The summed E-state index contributed by atoms with van der Waals surface area (Å²) in [4.78, 5) is 4.89. The lowest BCUT2D eigenvalue weighted by Crippen LogP contribution is -2.25. The Kier molecular flexibility index (Phi) is 3.78. The number of nitrogens with two attached hydrogens (primary N) is 1. The number of allylic oxidation sites excluding steroid dienone is 1. The van der Waals surface area contributed by atoms with Crippen LogP contribution in [0.25, 0.3) is 10.9 Å². The quantitative estimate of drug-likeness (QED) is 0.845. The number of nitrogens with zero attached hydrogens (tertiary/aromatic N) is 1. The zero-order chi connectivity index (χ0) is 16.0. The highest BCUT2D eigenvalue weighted by atomic mass is 35.5. The third-order valence-electron chi connectivity index (χ3n) is 5.16. The van der Waals surface area contributed by atoms with Crippen LogP contribution in [0, 0.1) is 5.92 Å². The Hall–Kier alpha value is -1.58. The number of methoxy groups -OCH3 is 1. The molecule has 1 aromatic heterocycles. The highest BCUT2D eigenvalue weighted by Gasteiger charge is 2.33. The van der Waals surface area contributed by atoms with Crippen molar-refractivity contribution in [3.05, 3.63) is 46.1 Å². The summed E-state index contributed by atoms with van der Waals surface area (Å²) in [6.45, 7) is 0.794. The molecular weight excluding hydrogens is 308 g/mol. The third kappa shape index (κ3) is 2.62. The zero-order valence-electron chi connectivity index (χ0n) is 13.3. The minimum atomic E-state index is 0.494. The Labute approximate surface area is 141 Å². The van der Waals surface area contributed by atoms with Crippen molar-refractivity contribution in [3.63, 3.8) is 0 Å². The third-order valence-corrected chi connectivity index (χ3v) is 5.40. The Bertz CT molecular complexity index is 800. The molecule has 2 aliphatic carbocycles. The SMILES string of the molecule is COCCC1=C[C@H]2Cc3nc4cc(Cl)ccc4c(N)c3C(C1)C2. The van der Waals surface area contributed by atoms with Gasteiger partial charge in [0.1, 0.15) is 0 Å². The molecule has 2 aliphatic rings. The van der Waals surface area contributed by atoms with Crippen molar-refractivity contribution in [2.75, 3.05) is 19.5 Å². The second kappa shape index (κ2) is 5.81. The van der Waals surface area contributed by atoms with Crippen LogP contribution in [0.1, 0.15) is 36.4 Å². The number of nitrogen functional groups attached to an aromatic ring is 1. The number of hydrogen-bond acceptors (Lipinski definition) is 3. The van der Waals surface area contributed by atoms with Crippen LogP contribution in [0.5, 0.6) is 0 Å². The number of pyridine rings is 1. The predicted octanol–water partition coefficient (Wildman–Crippen LogP) is 4.48. The van der Waals surface area contributed by atoms with Gasteiger partial charge in [-0.3, -0.25) is 4.98 Å². The molecule has 0 saturated carbocycles. The van der Waals surface area contributed by atoms with Crippen molar-refractivity contribution in [1.82, 2.24) is 4.98 Å². The fourth-order valence-electron chi connectivity index (χ4n) is 4.21. The summed E-state index contributed by atoms with van der Waals surface area (Å²) in [7, 11) is 1.76. The molecule has 3 nitrogen and oxygen atoms in total. The zero-order valence-corrected chi connectivity index (χ0v) is 14.1. The van der Waals surface area contributed by atoms with Crippen molar-refractivity contribution >= 4 is 28.2 Å². The van der Waals surface area contributed by atoms with Gasteiger partial charge in [-0.05, 0) is 55.7 Å². The van der Waals surface area contributed by atoms with E-state index in [-0.39, 0.29) is 0 Å². The summed E-state index contributed by atoms with van der Waals surface area (Å²) in [6.07, 6.45) is 6.72. The fourth-order valence-corrected chi connectivity index (χ4v) is 4.37. The van der Waals surface area contributed by atoms with Crippen molar-refractivity contribution in [2.45, 2.75) is 31.6 Å². The van der Waals surface area contributed by atoms with E-state index >= 15 is 0 Å². The first-order valence-corrected chi connectivity index (χ1v) is 8.59. The van der Waals surface area contributed by atoms with Crippen molar-refractivity contribution in [3.8, 4) is 0 Å². The van der Waals surface area contributed by atoms with Crippen molar-refractivity contribution < 1.29 is 4.74 Å². The smallest absolute Gasteiger partial charge is 0.0741 e. The van der Waals surface area contributed by atoms with Gasteiger partial charge >= 0.3 is 0 Å². The average Bonchev–Trinajstić information content (AvgIpc) is 2.52. The summed E-state index contributed by atoms with van der Waals surface area (Å²) < 4.78 is 5.24. The Balaban J connectivity index is 1.77. The standard InChI is InChI=1S/C19H21ClN2O/c1-23-5-4-11-6-12-8-13(7-11)18-17(9-12)22-16-10-14(20)2-3-15(16)19(18)21/h2-3,6,10,12-13H,4-5,7-9H2,1H3,(H2,21,22)/t12-,13?/m1/s1. The first-order chi connectivity index (χ1) is 11.2. The molecule has 2 aromatic rings. The summed E-state index contributed by atoms with van der Waals surface area (Å²) >= 11 is 6.12. The van der Waals surface area contributed by atoms with E-state index in [9.17, 15) is 0 Å². The molecule has 2 bridgehead atoms. The van der Waals surface area contributed by atoms with Gasteiger partial charge in [-0.1, -0.05) is 23.3 Å². The largest absolute Gasteiger partial charge is 0.398 e. The molecule has 120 valence electrons. The maximum Gasteiger partial charge on any atom is 0.0741 e. The molecule has 0 aliphatic heterocycles. The number of fused-ring (bicyclic) bond motifs is 5. The lowest BCUT2D eigenvalue weighted by molar-refractivity contribution is 0.200. The molecule has 0 amide bonds. The molecule has 0 fully saturated rings. The topological polar surface area (TPSA) is 48.1 Å². The highest BCUT2D eigenvalue weighted by molar-refractivity contribution is 6.31. The van der Waals surface area contributed by atoms with Crippen LogP contribution >= 0.6 is 11.6 Å².